The highest BCUT2D eigenvalue weighted by atomic mass is 79.9. The van der Waals surface area contributed by atoms with Crippen LogP contribution in [0.2, 0.25) is 0 Å². The van der Waals surface area contributed by atoms with Crippen molar-refractivity contribution in [3.63, 3.8) is 0 Å². The predicted molar refractivity (Wildman–Crippen MR) is 75.6 cm³/mol. The summed E-state index contributed by atoms with van der Waals surface area (Å²) in [7, 11) is 0. The minimum atomic E-state index is 0.140. The van der Waals surface area contributed by atoms with Gasteiger partial charge in [0.15, 0.2) is 0 Å². The van der Waals surface area contributed by atoms with E-state index in [2.05, 4.69) is 32.0 Å². The van der Waals surface area contributed by atoms with Gasteiger partial charge in [0.2, 0.25) is 5.91 Å². The normalized spacial score (nSPS) is 14.3. The van der Waals surface area contributed by atoms with Gasteiger partial charge in [0.25, 0.3) is 0 Å². The first-order valence-corrected chi connectivity index (χ1v) is 7.05. The molecule has 3 heterocycles. The number of aromatic nitrogens is 2. The van der Waals surface area contributed by atoms with Crippen molar-refractivity contribution in [1.29, 1.82) is 0 Å². The summed E-state index contributed by atoms with van der Waals surface area (Å²) in [5.74, 6) is 0.140. The molecule has 98 valence electrons. The zero-order chi connectivity index (χ0) is 13.2. The van der Waals surface area contributed by atoms with Crippen molar-refractivity contribution in [2.45, 2.75) is 19.4 Å². The number of carbonyl (C=O) groups excluding carboxylic acids is 1. The maximum absolute atomic E-state index is 12.2. The van der Waals surface area contributed by atoms with Crippen LogP contribution in [0.1, 0.15) is 17.0 Å². The number of hydrogen-bond donors (Lipinski definition) is 1. The molecule has 0 bridgehead atoms. The molecule has 4 nitrogen and oxygen atoms in total. The molecule has 2 aromatic rings. The van der Waals surface area contributed by atoms with E-state index in [0.717, 1.165) is 23.3 Å². The molecular formula is C14H14BrN3O. The Morgan fingerprint density at radius 1 is 1.47 bits per heavy atom. The van der Waals surface area contributed by atoms with Crippen LogP contribution in [0.5, 0.6) is 0 Å². The largest absolute Gasteiger partial charge is 0.353 e. The molecule has 0 spiro atoms. The van der Waals surface area contributed by atoms with Gasteiger partial charge in [-0.2, -0.15) is 0 Å². The predicted octanol–water partition coefficient (Wildman–Crippen LogP) is 2.30. The highest BCUT2D eigenvalue weighted by molar-refractivity contribution is 9.10. The van der Waals surface area contributed by atoms with Gasteiger partial charge in [-0.1, -0.05) is 6.07 Å². The third kappa shape index (κ3) is 2.71. The summed E-state index contributed by atoms with van der Waals surface area (Å²) in [4.78, 5) is 21.6. The minimum absolute atomic E-state index is 0.140. The van der Waals surface area contributed by atoms with Crippen LogP contribution in [0.3, 0.4) is 0 Å². The monoisotopic (exact) mass is 319 g/mol. The maximum atomic E-state index is 12.2. The van der Waals surface area contributed by atoms with Gasteiger partial charge in [0.05, 0.1) is 11.0 Å². The number of fused-ring (bicyclic) bond motifs is 1. The first kappa shape index (κ1) is 12.4. The summed E-state index contributed by atoms with van der Waals surface area (Å²) < 4.78 is 0.983. The lowest BCUT2D eigenvalue weighted by Crippen LogP contribution is -2.36. The third-order valence-corrected chi connectivity index (χ3v) is 3.79. The lowest BCUT2D eigenvalue weighted by atomic mass is 10.1. The second-order valence-corrected chi connectivity index (χ2v) is 5.54. The molecule has 3 rings (SSSR count). The number of halogens is 1. The lowest BCUT2D eigenvalue weighted by molar-refractivity contribution is -0.131. The van der Waals surface area contributed by atoms with Crippen LogP contribution in [-0.2, 0) is 24.2 Å². The van der Waals surface area contributed by atoms with Gasteiger partial charge < -0.3 is 9.88 Å². The van der Waals surface area contributed by atoms with Crippen molar-refractivity contribution >= 4 is 21.8 Å². The number of nitrogens with zero attached hydrogens (tertiary/aromatic N) is 2. The molecule has 1 amide bonds. The van der Waals surface area contributed by atoms with E-state index in [0.29, 0.717) is 13.0 Å². The van der Waals surface area contributed by atoms with Crippen molar-refractivity contribution in [1.82, 2.24) is 14.9 Å². The molecule has 0 aromatic carbocycles. The van der Waals surface area contributed by atoms with Crippen molar-refractivity contribution in [3.05, 3.63) is 52.0 Å². The van der Waals surface area contributed by atoms with Crippen molar-refractivity contribution < 1.29 is 4.79 Å². The minimum Gasteiger partial charge on any atom is -0.353 e. The zero-order valence-electron chi connectivity index (χ0n) is 10.4. The highest BCUT2D eigenvalue weighted by Crippen LogP contribution is 2.22. The van der Waals surface area contributed by atoms with Crippen LogP contribution in [0.25, 0.3) is 0 Å². The van der Waals surface area contributed by atoms with Crippen LogP contribution in [-0.4, -0.2) is 27.3 Å². The SMILES string of the molecule is O=C(Cc1ccccn1)N1CCc2[nH]c(Br)cc2C1. The fourth-order valence-electron chi connectivity index (χ4n) is 2.38. The quantitative estimate of drug-likeness (QED) is 0.923. The standard InChI is InChI=1S/C14H14BrN3O/c15-13-7-10-9-18(6-4-12(10)17-13)14(19)8-11-3-1-2-5-16-11/h1-3,5,7,17H,4,6,8-9H2. The molecule has 0 radical (unpaired) electrons. The summed E-state index contributed by atoms with van der Waals surface area (Å²) in [6, 6.07) is 7.71. The molecule has 0 atom stereocenters. The Hall–Kier alpha value is -1.62. The van der Waals surface area contributed by atoms with E-state index in [1.807, 2.05) is 23.1 Å². The summed E-state index contributed by atoms with van der Waals surface area (Å²) in [6.45, 7) is 1.45. The number of amides is 1. The Kier molecular flexibility index (Phi) is 3.38. The molecule has 1 aliphatic heterocycles. The van der Waals surface area contributed by atoms with E-state index in [1.54, 1.807) is 6.20 Å². The number of rotatable bonds is 2. The molecule has 2 aromatic heterocycles. The van der Waals surface area contributed by atoms with Crippen LogP contribution < -0.4 is 0 Å². The Morgan fingerprint density at radius 2 is 2.37 bits per heavy atom. The molecule has 1 aliphatic rings. The summed E-state index contributed by atoms with van der Waals surface area (Å²) in [6.07, 6.45) is 2.98. The van der Waals surface area contributed by atoms with E-state index in [1.165, 1.54) is 11.3 Å². The van der Waals surface area contributed by atoms with Crippen LogP contribution >= 0.6 is 15.9 Å². The van der Waals surface area contributed by atoms with E-state index in [9.17, 15) is 4.79 Å². The lowest BCUT2D eigenvalue weighted by Gasteiger charge is -2.27. The number of H-pyrrole nitrogens is 1. The van der Waals surface area contributed by atoms with Gasteiger partial charge in [-0.05, 0) is 39.7 Å². The Balaban J connectivity index is 1.69. The van der Waals surface area contributed by atoms with Crippen molar-refractivity contribution in [2.75, 3.05) is 6.54 Å². The zero-order valence-corrected chi connectivity index (χ0v) is 12.0. The molecule has 0 unspecified atom stereocenters. The van der Waals surface area contributed by atoms with E-state index in [4.69, 9.17) is 0 Å². The number of nitrogens with one attached hydrogen (secondary N) is 1. The van der Waals surface area contributed by atoms with E-state index >= 15 is 0 Å². The average molecular weight is 320 g/mol. The Morgan fingerprint density at radius 3 is 3.16 bits per heavy atom. The average Bonchev–Trinajstić information content (AvgIpc) is 2.78. The molecule has 5 heteroatoms. The van der Waals surface area contributed by atoms with Crippen LogP contribution in [0.15, 0.2) is 35.1 Å². The van der Waals surface area contributed by atoms with E-state index < -0.39 is 0 Å². The van der Waals surface area contributed by atoms with Gasteiger partial charge in [-0.15, -0.1) is 0 Å². The van der Waals surface area contributed by atoms with Gasteiger partial charge in [-0.3, -0.25) is 9.78 Å². The van der Waals surface area contributed by atoms with Gasteiger partial charge in [0.1, 0.15) is 0 Å². The first-order valence-electron chi connectivity index (χ1n) is 6.26. The first-order chi connectivity index (χ1) is 9.22. The number of carbonyl (C=O) groups is 1. The topological polar surface area (TPSA) is 49.0 Å². The molecule has 0 saturated heterocycles. The van der Waals surface area contributed by atoms with Crippen molar-refractivity contribution in [2.24, 2.45) is 0 Å². The van der Waals surface area contributed by atoms with E-state index in [-0.39, 0.29) is 5.91 Å². The number of hydrogen-bond acceptors (Lipinski definition) is 2. The summed E-state index contributed by atoms with van der Waals surface area (Å²) in [5.41, 5.74) is 3.26. The van der Waals surface area contributed by atoms with Crippen LogP contribution in [0, 0.1) is 0 Å². The Labute approximate surface area is 120 Å². The molecule has 0 aliphatic carbocycles. The number of aromatic amines is 1. The highest BCUT2D eigenvalue weighted by Gasteiger charge is 2.22. The smallest absolute Gasteiger partial charge is 0.228 e. The number of pyridine rings is 1. The third-order valence-electron chi connectivity index (χ3n) is 3.36. The maximum Gasteiger partial charge on any atom is 0.228 e. The van der Waals surface area contributed by atoms with Gasteiger partial charge >= 0.3 is 0 Å². The van der Waals surface area contributed by atoms with Gasteiger partial charge in [0, 0.05) is 37.1 Å². The summed E-state index contributed by atoms with van der Waals surface area (Å²) in [5, 5.41) is 0. The summed E-state index contributed by atoms with van der Waals surface area (Å²) >= 11 is 3.43. The fraction of sp³-hybridized carbons (Fsp3) is 0.286. The molecule has 0 fully saturated rings. The van der Waals surface area contributed by atoms with Crippen LogP contribution in [0.4, 0.5) is 0 Å². The molecule has 19 heavy (non-hydrogen) atoms. The fourth-order valence-corrected chi connectivity index (χ4v) is 2.89. The second-order valence-electron chi connectivity index (χ2n) is 4.68. The van der Waals surface area contributed by atoms with Gasteiger partial charge in [-0.25, -0.2) is 0 Å². The molecular weight excluding hydrogens is 306 g/mol. The molecule has 0 saturated carbocycles. The Bertz CT molecular complexity index is 594. The van der Waals surface area contributed by atoms with Crippen molar-refractivity contribution in [3.8, 4) is 0 Å². The second kappa shape index (κ2) is 5.17. The molecule has 1 N–H and O–H groups in total.